The summed E-state index contributed by atoms with van der Waals surface area (Å²) >= 11 is 0. The summed E-state index contributed by atoms with van der Waals surface area (Å²) in [6, 6.07) is 5.31. The normalized spacial score (nSPS) is 10.6. The fourth-order valence-electron chi connectivity index (χ4n) is 1.69. The van der Waals surface area contributed by atoms with Crippen LogP contribution in [0.5, 0.6) is 0 Å². The molecule has 0 aromatic heterocycles. The number of carbonyl (C=O) groups excluding carboxylic acids is 1. The highest BCUT2D eigenvalue weighted by Crippen LogP contribution is 2.11. The van der Waals surface area contributed by atoms with Crippen molar-refractivity contribution in [3.05, 3.63) is 41.0 Å². The molecule has 1 aromatic rings. The van der Waals surface area contributed by atoms with Gasteiger partial charge in [0.25, 0.3) is 5.91 Å². The van der Waals surface area contributed by atoms with E-state index >= 15 is 0 Å². The van der Waals surface area contributed by atoms with Gasteiger partial charge >= 0.3 is 5.97 Å². The van der Waals surface area contributed by atoms with Crippen LogP contribution in [-0.4, -0.2) is 23.5 Å². The van der Waals surface area contributed by atoms with Gasteiger partial charge in [0.2, 0.25) is 0 Å². The highest BCUT2D eigenvalue weighted by molar-refractivity contribution is 5.95. The molecule has 0 radical (unpaired) electrons. The SMILES string of the molecule is CCCCNC(=O)c1cc(C)cc(/C=C/C(=O)O)c1. The zero-order valence-corrected chi connectivity index (χ0v) is 11.3. The van der Waals surface area contributed by atoms with Gasteiger partial charge in [-0.15, -0.1) is 0 Å². The van der Waals surface area contributed by atoms with Crippen LogP contribution in [0, 0.1) is 6.92 Å². The highest BCUT2D eigenvalue weighted by Gasteiger charge is 2.06. The average molecular weight is 261 g/mol. The molecule has 0 aliphatic rings. The number of hydrogen-bond acceptors (Lipinski definition) is 2. The zero-order chi connectivity index (χ0) is 14.3. The molecule has 0 unspecified atom stereocenters. The van der Waals surface area contributed by atoms with Crippen molar-refractivity contribution >= 4 is 18.0 Å². The molecular weight excluding hydrogens is 242 g/mol. The number of hydrogen-bond donors (Lipinski definition) is 2. The van der Waals surface area contributed by atoms with Crippen molar-refractivity contribution < 1.29 is 14.7 Å². The Balaban J connectivity index is 2.84. The van der Waals surface area contributed by atoms with Crippen molar-refractivity contribution in [2.24, 2.45) is 0 Å². The Morgan fingerprint density at radius 2 is 2.05 bits per heavy atom. The molecule has 0 saturated carbocycles. The van der Waals surface area contributed by atoms with E-state index in [-0.39, 0.29) is 5.91 Å². The van der Waals surface area contributed by atoms with E-state index in [9.17, 15) is 9.59 Å². The van der Waals surface area contributed by atoms with Gasteiger partial charge in [-0.3, -0.25) is 4.79 Å². The monoisotopic (exact) mass is 261 g/mol. The number of carboxylic acid groups (broad SMARTS) is 1. The molecule has 0 bridgehead atoms. The molecule has 0 atom stereocenters. The second kappa shape index (κ2) is 7.36. The predicted molar refractivity (Wildman–Crippen MR) is 75.1 cm³/mol. The lowest BCUT2D eigenvalue weighted by Crippen LogP contribution is -2.24. The summed E-state index contributed by atoms with van der Waals surface area (Å²) in [6.07, 6.45) is 4.52. The maximum Gasteiger partial charge on any atom is 0.328 e. The summed E-state index contributed by atoms with van der Waals surface area (Å²) in [4.78, 5) is 22.4. The second-order valence-electron chi connectivity index (χ2n) is 4.41. The number of carboxylic acids is 1. The van der Waals surface area contributed by atoms with Crippen molar-refractivity contribution in [1.82, 2.24) is 5.32 Å². The van der Waals surface area contributed by atoms with Crippen LogP contribution in [0.15, 0.2) is 24.3 Å². The van der Waals surface area contributed by atoms with Gasteiger partial charge in [-0.25, -0.2) is 4.79 Å². The van der Waals surface area contributed by atoms with Gasteiger partial charge in [0.15, 0.2) is 0 Å². The fraction of sp³-hybridized carbons (Fsp3) is 0.333. The van der Waals surface area contributed by atoms with Crippen LogP contribution in [0.25, 0.3) is 6.08 Å². The summed E-state index contributed by atoms with van der Waals surface area (Å²) in [6.45, 7) is 4.60. The number of nitrogens with one attached hydrogen (secondary N) is 1. The number of aryl methyl sites for hydroxylation is 1. The number of unbranched alkanes of at least 4 members (excludes halogenated alkanes) is 1. The minimum Gasteiger partial charge on any atom is -0.478 e. The Morgan fingerprint density at radius 1 is 1.32 bits per heavy atom. The summed E-state index contributed by atoms with van der Waals surface area (Å²) in [7, 11) is 0. The molecule has 102 valence electrons. The molecular formula is C15H19NO3. The summed E-state index contributed by atoms with van der Waals surface area (Å²) in [5.41, 5.74) is 2.19. The molecule has 0 aliphatic heterocycles. The maximum absolute atomic E-state index is 11.9. The van der Waals surface area contributed by atoms with Crippen molar-refractivity contribution in [3.8, 4) is 0 Å². The number of aliphatic carboxylic acids is 1. The molecule has 1 rings (SSSR count). The predicted octanol–water partition coefficient (Wildman–Crippen LogP) is 2.62. The Hall–Kier alpha value is -2.10. The highest BCUT2D eigenvalue weighted by atomic mass is 16.4. The third-order valence-corrected chi connectivity index (χ3v) is 2.60. The van der Waals surface area contributed by atoms with Crippen LogP contribution in [0.4, 0.5) is 0 Å². The van der Waals surface area contributed by atoms with Crippen LogP contribution in [-0.2, 0) is 4.79 Å². The smallest absolute Gasteiger partial charge is 0.328 e. The van der Waals surface area contributed by atoms with Crippen LogP contribution >= 0.6 is 0 Å². The standard InChI is InChI=1S/C15H19NO3/c1-3-4-7-16-15(19)13-9-11(2)8-12(10-13)5-6-14(17)18/h5-6,8-10H,3-4,7H2,1-2H3,(H,16,19)(H,17,18)/b6-5+. The van der Waals surface area contributed by atoms with E-state index in [0.29, 0.717) is 17.7 Å². The molecule has 1 aromatic carbocycles. The Bertz CT molecular complexity index is 492. The lowest BCUT2D eigenvalue weighted by Gasteiger charge is -2.06. The van der Waals surface area contributed by atoms with Crippen molar-refractivity contribution in [3.63, 3.8) is 0 Å². The fourth-order valence-corrected chi connectivity index (χ4v) is 1.69. The molecule has 2 N–H and O–H groups in total. The number of benzene rings is 1. The van der Waals surface area contributed by atoms with Crippen molar-refractivity contribution in [2.75, 3.05) is 6.54 Å². The van der Waals surface area contributed by atoms with E-state index in [1.165, 1.54) is 6.08 Å². The third kappa shape index (κ3) is 5.38. The first-order chi connectivity index (χ1) is 9.02. The van der Waals surface area contributed by atoms with Crippen LogP contribution in [0.1, 0.15) is 41.3 Å². The third-order valence-electron chi connectivity index (χ3n) is 2.60. The first-order valence-electron chi connectivity index (χ1n) is 6.34. The first kappa shape index (κ1) is 15.0. The van der Waals surface area contributed by atoms with Crippen molar-refractivity contribution in [2.45, 2.75) is 26.7 Å². The largest absolute Gasteiger partial charge is 0.478 e. The number of carbonyl (C=O) groups is 2. The zero-order valence-electron chi connectivity index (χ0n) is 11.3. The molecule has 0 spiro atoms. The number of amides is 1. The summed E-state index contributed by atoms with van der Waals surface area (Å²) < 4.78 is 0. The molecule has 0 aliphatic carbocycles. The maximum atomic E-state index is 11.9. The van der Waals surface area contributed by atoms with Crippen LogP contribution < -0.4 is 5.32 Å². The molecule has 4 nitrogen and oxygen atoms in total. The van der Waals surface area contributed by atoms with E-state index < -0.39 is 5.97 Å². The minimum absolute atomic E-state index is 0.123. The summed E-state index contributed by atoms with van der Waals surface area (Å²) in [5, 5.41) is 11.4. The number of rotatable bonds is 6. The Morgan fingerprint density at radius 3 is 2.68 bits per heavy atom. The van der Waals surface area contributed by atoms with E-state index in [1.54, 1.807) is 12.1 Å². The van der Waals surface area contributed by atoms with Gasteiger partial charge in [-0.1, -0.05) is 19.4 Å². The van der Waals surface area contributed by atoms with E-state index in [4.69, 9.17) is 5.11 Å². The molecule has 4 heteroatoms. The van der Waals surface area contributed by atoms with Gasteiger partial charge in [0.1, 0.15) is 0 Å². The van der Waals surface area contributed by atoms with Crippen LogP contribution in [0.2, 0.25) is 0 Å². The van der Waals surface area contributed by atoms with Gasteiger partial charge in [-0.2, -0.15) is 0 Å². The summed E-state index contributed by atoms with van der Waals surface area (Å²) in [5.74, 6) is -1.13. The molecule has 0 fully saturated rings. The second-order valence-corrected chi connectivity index (χ2v) is 4.41. The Kier molecular flexibility index (Phi) is 5.79. The molecule has 1 amide bonds. The Labute approximate surface area is 113 Å². The lowest BCUT2D eigenvalue weighted by atomic mass is 10.1. The van der Waals surface area contributed by atoms with E-state index in [0.717, 1.165) is 24.5 Å². The molecule has 0 heterocycles. The molecule has 0 saturated heterocycles. The van der Waals surface area contributed by atoms with E-state index in [2.05, 4.69) is 12.2 Å². The lowest BCUT2D eigenvalue weighted by molar-refractivity contribution is -0.131. The van der Waals surface area contributed by atoms with Gasteiger partial charge in [-0.05, 0) is 42.7 Å². The minimum atomic E-state index is -1.00. The topological polar surface area (TPSA) is 66.4 Å². The average Bonchev–Trinajstić information content (AvgIpc) is 2.36. The first-order valence-corrected chi connectivity index (χ1v) is 6.34. The van der Waals surface area contributed by atoms with Crippen molar-refractivity contribution in [1.29, 1.82) is 0 Å². The van der Waals surface area contributed by atoms with Gasteiger partial charge < -0.3 is 10.4 Å². The van der Waals surface area contributed by atoms with Crippen LogP contribution in [0.3, 0.4) is 0 Å². The van der Waals surface area contributed by atoms with E-state index in [1.807, 2.05) is 13.0 Å². The van der Waals surface area contributed by atoms with Gasteiger partial charge in [0, 0.05) is 18.2 Å². The quantitative estimate of drug-likeness (QED) is 0.611. The molecule has 19 heavy (non-hydrogen) atoms. The van der Waals surface area contributed by atoms with Gasteiger partial charge in [0.05, 0.1) is 0 Å².